The van der Waals surface area contributed by atoms with Crippen molar-refractivity contribution in [3.8, 4) is 0 Å². The number of benzene rings is 1. The molecule has 1 saturated heterocycles. The van der Waals surface area contributed by atoms with Crippen LogP contribution in [-0.4, -0.2) is 61.3 Å². The highest BCUT2D eigenvalue weighted by atomic mass is 127. The number of likely N-dealkylation sites (tertiary alicyclic amines) is 1. The van der Waals surface area contributed by atoms with Gasteiger partial charge in [-0.25, -0.2) is 4.79 Å². The Morgan fingerprint density at radius 2 is 1.88 bits per heavy atom. The molecule has 32 heavy (non-hydrogen) atoms. The minimum atomic E-state index is -0.504. The van der Waals surface area contributed by atoms with E-state index in [4.69, 9.17) is 9.73 Å². The van der Waals surface area contributed by atoms with Crippen molar-refractivity contribution in [2.45, 2.75) is 65.0 Å². The van der Waals surface area contributed by atoms with Gasteiger partial charge in [-0.3, -0.25) is 10.3 Å². The molecule has 1 unspecified atom stereocenters. The van der Waals surface area contributed by atoms with Crippen molar-refractivity contribution in [2.24, 2.45) is 10.9 Å². The maximum Gasteiger partial charge on any atom is 0.412 e. The number of guanidine groups is 1. The van der Waals surface area contributed by atoms with Crippen LogP contribution in [0.3, 0.4) is 0 Å². The van der Waals surface area contributed by atoms with Crippen molar-refractivity contribution < 1.29 is 9.53 Å². The number of amides is 1. The number of carbonyl (C=O) groups is 1. The van der Waals surface area contributed by atoms with Gasteiger partial charge >= 0.3 is 6.09 Å². The zero-order valence-electron chi connectivity index (χ0n) is 19.9. The summed E-state index contributed by atoms with van der Waals surface area (Å²) in [5.41, 5.74) is 1.43. The number of hydrogen-bond donors (Lipinski definition) is 3. The molecule has 2 fully saturated rings. The Bertz CT molecular complexity index is 744. The van der Waals surface area contributed by atoms with Gasteiger partial charge < -0.3 is 20.3 Å². The monoisotopic (exact) mass is 557 g/mol. The molecule has 2 aliphatic rings. The third kappa shape index (κ3) is 9.52. The van der Waals surface area contributed by atoms with Crippen molar-refractivity contribution in [1.29, 1.82) is 0 Å². The van der Waals surface area contributed by atoms with E-state index in [1.54, 1.807) is 0 Å². The Balaban J connectivity index is 0.00000363. The number of halogens is 1. The fourth-order valence-electron chi connectivity index (χ4n) is 3.85. The van der Waals surface area contributed by atoms with E-state index in [-0.39, 0.29) is 24.0 Å². The molecule has 1 atom stereocenters. The predicted octanol–water partition coefficient (Wildman–Crippen LogP) is 4.23. The number of hydrogen-bond acceptors (Lipinski definition) is 4. The highest BCUT2D eigenvalue weighted by Gasteiger charge is 2.34. The number of nitrogens with zero attached hydrogens (tertiary/aromatic N) is 2. The molecule has 0 aromatic heterocycles. The molecule has 1 aromatic rings. The molecule has 0 bridgehead atoms. The Kier molecular flexibility index (Phi) is 10.5. The van der Waals surface area contributed by atoms with Crippen LogP contribution in [-0.2, 0) is 11.2 Å². The number of rotatable bonds is 8. The normalized spacial score (nSPS) is 19.2. The number of ether oxygens (including phenoxy) is 1. The molecule has 7 nitrogen and oxygen atoms in total. The summed E-state index contributed by atoms with van der Waals surface area (Å²) in [6, 6.07) is 8.74. The summed E-state index contributed by atoms with van der Waals surface area (Å²) >= 11 is 0. The van der Waals surface area contributed by atoms with Crippen molar-refractivity contribution in [2.75, 3.05) is 38.0 Å². The van der Waals surface area contributed by atoms with Gasteiger partial charge in [-0.2, -0.15) is 0 Å². The van der Waals surface area contributed by atoms with Gasteiger partial charge in [0, 0.05) is 37.9 Å². The van der Waals surface area contributed by atoms with Gasteiger partial charge in [0.1, 0.15) is 5.60 Å². The molecule has 3 N–H and O–H groups in total. The second-order valence-corrected chi connectivity index (χ2v) is 9.60. The van der Waals surface area contributed by atoms with Gasteiger partial charge in [-0.15, -0.1) is 24.0 Å². The van der Waals surface area contributed by atoms with E-state index in [0.29, 0.717) is 5.92 Å². The average molecular weight is 558 g/mol. The largest absolute Gasteiger partial charge is 0.444 e. The molecule has 1 aromatic carbocycles. The van der Waals surface area contributed by atoms with Crippen molar-refractivity contribution in [1.82, 2.24) is 15.5 Å². The third-order valence-electron chi connectivity index (χ3n) is 5.54. The van der Waals surface area contributed by atoms with Crippen LogP contribution in [0.1, 0.15) is 52.5 Å². The van der Waals surface area contributed by atoms with Crippen LogP contribution in [0.5, 0.6) is 0 Å². The lowest BCUT2D eigenvalue weighted by atomic mass is 10.1. The lowest BCUT2D eigenvalue weighted by Crippen LogP contribution is -2.38. The number of aliphatic imine (C=N–C) groups is 1. The average Bonchev–Trinajstić information content (AvgIpc) is 3.44. The summed E-state index contributed by atoms with van der Waals surface area (Å²) in [7, 11) is 0. The Labute approximate surface area is 210 Å². The van der Waals surface area contributed by atoms with E-state index in [1.165, 1.54) is 37.9 Å². The summed E-state index contributed by atoms with van der Waals surface area (Å²) in [6.07, 6.45) is 4.49. The molecule has 0 radical (unpaired) electrons. The standard InChI is InChI=1S/C24H39N5O2.HI/c1-5-25-22(27-16-19-13-15-29(17-19)21-10-11-21)26-14-12-18-6-8-20(9-7-18)28-23(30)31-24(2,3)4;/h6-9,19,21H,5,10-17H2,1-4H3,(H,28,30)(H2,25,26,27);1H. The number of carbonyl (C=O) groups excluding carboxylic acids is 1. The first-order valence-corrected chi connectivity index (χ1v) is 11.7. The van der Waals surface area contributed by atoms with E-state index in [9.17, 15) is 4.79 Å². The van der Waals surface area contributed by atoms with E-state index < -0.39 is 11.7 Å². The molecule has 0 spiro atoms. The van der Waals surface area contributed by atoms with Gasteiger partial charge in [0.05, 0.1) is 0 Å². The molecular weight excluding hydrogens is 517 g/mol. The van der Waals surface area contributed by atoms with Crippen LogP contribution in [0.2, 0.25) is 0 Å². The first kappa shape index (κ1) is 26.7. The maximum atomic E-state index is 11.9. The lowest BCUT2D eigenvalue weighted by molar-refractivity contribution is 0.0636. The van der Waals surface area contributed by atoms with Crippen molar-refractivity contribution >= 4 is 41.7 Å². The predicted molar refractivity (Wildman–Crippen MR) is 142 cm³/mol. The Morgan fingerprint density at radius 3 is 2.50 bits per heavy atom. The van der Waals surface area contributed by atoms with Crippen LogP contribution in [0.4, 0.5) is 10.5 Å². The van der Waals surface area contributed by atoms with Crippen molar-refractivity contribution in [3.05, 3.63) is 29.8 Å². The highest BCUT2D eigenvalue weighted by Crippen LogP contribution is 2.31. The SMILES string of the molecule is CCNC(=NCC1CCN(C2CC2)C1)NCCc1ccc(NC(=O)OC(C)(C)C)cc1.I. The van der Waals surface area contributed by atoms with Crippen molar-refractivity contribution in [3.63, 3.8) is 0 Å². The van der Waals surface area contributed by atoms with Gasteiger partial charge in [0.2, 0.25) is 0 Å². The quantitative estimate of drug-likeness (QED) is 0.253. The zero-order chi connectivity index (χ0) is 22.3. The summed E-state index contributed by atoms with van der Waals surface area (Å²) in [5, 5.41) is 9.56. The molecule has 1 amide bonds. The summed E-state index contributed by atoms with van der Waals surface area (Å²) in [6.45, 7) is 12.7. The van der Waals surface area contributed by atoms with Crippen LogP contribution >= 0.6 is 24.0 Å². The first-order chi connectivity index (χ1) is 14.8. The van der Waals surface area contributed by atoms with E-state index >= 15 is 0 Å². The maximum absolute atomic E-state index is 11.9. The molecule has 1 aliphatic carbocycles. The van der Waals surface area contributed by atoms with Crippen LogP contribution < -0.4 is 16.0 Å². The van der Waals surface area contributed by atoms with Crippen LogP contribution in [0.25, 0.3) is 0 Å². The summed E-state index contributed by atoms with van der Waals surface area (Å²) < 4.78 is 5.28. The van der Waals surface area contributed by atoms with Gasteiger partial charge in [0.25, 0.3) is 0 Å². The number of anilines is 1. The topological polar surface area (TPSA) is 78.0 Å². The number of nitrogens with one attached hydrogen (secondary N) is 3. The molecule has 1 saturated carbocycles. The van der Waals surface area contributed by atoms with Gasteiger partial charge in [-0.1, -0.05) is 12.1 Å². The first-order valence-electron chi connectivity index (χ1n) is 11.7. The summed E-state index contributed by atoms with van der Waals surface area (Å²) in [4.78, 5) is 19.3. The Morgan fingerprint density at radius 1 is 1.16 bits per heavy atom. The minimum Gasteiger partial charge on any atom is -0.444 e. The molecule has 8 heteroatoms. The molecule has 1 aliphatic heterocycles. The van der Waals surface area contributed by atoms with Gasteiger partial charge in [-0.05, 0) is 83.5 Å². The molecule has 3 rings (SSSR count). The van der Waals surface area contributed by atoms with E-state index in [0.717, 1.165) is 43.7 Å². The zero-order valence-corrected chi connectivity index (χ0v) is 22.3. The van der Waals surface area contributed by atoms with Crippen LogP contribution in [0, 0.1) is 5.92 Å². The second kappa shape index (κ2) is 12.6. The van der Waals surface area contributed by atoms with E-state index in [1.807, 2.05) is 45.0 Å². The molecular formula is C24H40IN5O2. The van der Waals surface area contributed by atoms with Crippen LogP contribution in [0.15, 0.2) is 29.3 Å². The smallest absolute Gasteiger partial charge is 0.412 e. The Hall–Kier alpha value is -1.55. The molecule has 180 valence electrons. The van der Waals surface area contributed by atoms with Gasteiger partial charge in [0.15, 0.2) is 5.96 Å². The van der Waals surface area contributed by atoms with E-state index in [2.05, 4.69) is 27.8 Å². The minimum absolute atomic E-state index is 0. The third-order valence-corrected chi connectivity index (χ3v) is 5.54. The summed E-state index contributed by atoms with van der Waals surface area (Å²) in [5.74, 6) is 1.58. The highest BCUT2D eigenvalue weighted by molar-refractivity contribution is 14.0. The second-order valence-electron chi connectivity index (χ2n) is 9.60. The fourth-order valence-corrected chi connectivity index (χ4v) is 3.85. The fraction of sp³-hybridized carbons (Fsp3) is 0.667. The lowest BCUT2D eigenvalue weighted by Gasteiger charge is -2.19. The molecule has 1 heterocycles.